The van der Waals surface area contributed by atoms with E-state index in [1.807, 2.05) is 11.7 Å². The fourth-order valence-corrected chi connectivity index (χ4v) is 3.42. The van der Waals surface area contributed by atoms with Gasteiger partial charge < -0.3 is 4.43 Å². The van der Waals surface area contributed by atoms with Gasteiger partial charge in [-0.25, -0.2) is 0 Å². The van der Waals surface area contributed by atoms with Crippen molar-refractivity contribution >= 4 is 20.4 Å². The smallest absolute Gasteiger partial charge is 0.171 e. The zero-order valence-corrected chi connectivity index (χ0v) is 11.5. The molecule has 0 amide bonds. The third-order valence-corrected chi connectivity index (χ3v) is 3.54. The van der Waals surface area contributed by atoms with E-state index in [4.69, 9.17) is 4.43 Å². The molecule has 0 radical (unpaired) electrons. The molecule has 0 aliphatic rings. The van der Waals surface area contributed by atoms with Crippen molar-refractivity contribution in [3.8, 4) is 0 Å². The van der Waals surface area contributed by atoms with Crippen LogP contribution in [0.4, 0.5) is 0 Å². The van der Waals surface area contributed by atoms with Crippen LogP contribution in [0.2, 0.25) is 13.1 Å². The Hall–Kier alpha value is -0.193. The van der Waals surface area contributed by atoms with E-state index in [1.54, 1.807) is 11.3 Å². The van der Waals surface area contributed by atoms with E-state index in [1.165, 1.54) is 4.88 Å². The Labute approximate surface area is 92.1 Å². The first-order valence-electron chi connectivity index (χ1n) is 4.95. The van der Waals surface area contributed by atoms with Crippen LogP contribution in [0.25, 0.3) is 0 Å². The molecular weight excluding hydrogens is 210 g/mol. The van der Waals surface area contributed by atoms with Crippen LogP contribution in [0.15, 0.2) is 11.7 Å². The van der Waals surface area contributed by atoms with Crippen LogP contribution in [0.1, 0.15) is 31.8 Å². The van der Waals surface area contributed by atoms with E-state index in [2.05, 4.69) is 38.8 Å². The van der Waals surface area contributed by atoms with Gasteiger partial charge in [0.25, 0.3) is 0 Å². The van der Waals surface area contributed by atoms with Crippen LogP contribution < -0.4 is 0 Å². The molecule has 0 aromatic carbocycles. The highest BCUT2D eigenvalue weighted by molar-refractivity contribution is 7.09. The molecule has 0 aliphatic heterocycles. The predicted molar refractivity (Wildman–Crippen MR) is 64.3 cm³/mol. The Bertz CT molecular complexity index is 266. The molecule has 0 spiro atoms. The molecule has 0 aliphatic carbocycles. The highest BCUT2D eigenvalue weighted by atomic mass is 32.1. The Morgan fingerprint density at radius 1 is 1.43 bits per heavy atom. The standard InChI is InChI=1S/C10H19NOSSi/c1-10(2,3)9(12-14(4)5)8-6-11-7-13-8/h6-7,9,14H,1-5H3. The molecular formula is C10H19NOSSi. The lowest BCUT2D eigenvalue weighted by atomic mass is 9.88. The van der Waals surface area contributed by atoms with Crippen molar-refractivity contribution in [3.63, 3.8) is 0 Å². The minimum Gasteiger partial charge on any atom is -0.412 e. The van der Waals surface area contributed by atoms with Crippen molar-refractivity contribution in [2.24, 2.45) is 5.41 Å². The second-order valence-corrected chi connectivity index (χ2v) is 8.12. The molecule has 0 N–H and O–H groups in total. The molecule has 0 fully saturated rings. The first-order chi connectivity index (χ1) is 6.41. The Morgan fingerprint density at radius 3 is 2.43 bits per heavy atom. The summed E-state index contributed by atoms with van der Waals surface area (Å²) < 4.78 is 6.07. The molecule has 2 nitrogen and oxygen atoms in total. The Morgan fingerprint density at radius 2 is 2.07 bits per heavy atom. The summed E-state index contributed by atoms with van der Waals surface area (Å²) in [6.45, 7) is 11.1. The summed E-state index contributed by atoms with van der Waals surface area (Å²) in [6.07, 6.45) is 2.14. The predicted octanol–water partition coefficient (Wildman–Crippen LogP) is 3.23. The summed E-state index contributed by atoms with van der Waals surface area (Å²) in [6, 6.07) is 0. The van der Waals surface area contributed by atoms with Gasteiger partial charge in [-0.2, -0.15) is 0 Å². The third-order valence-electron chi connectivity index (χ3n) is 1.90. The first-order valence-corrected chi connectivity index (χ1v) is 8.61. The molecule has 1 heterocycles. The van der Waals surface area contributed by atoms with Gasteiger partial charge in [0.1, 0.15) is 0 Å². The summed E-state index contributed by atoms with van der Waals surface area (Å²) in [5.41, 5.74) is 2.03. The van der Waals surface area contributed by atoms with Crippen molar-refractivity contribution in [1.82, 2.24) is 4.98 Å². The SMILES string of the molecule is C[SiH](C)OC(c1cncs1)C(C)(C)C. The minimum atomic E-state index is -0.994. The fraction of sp³-hybridized carbons (Fsp3) is 0.700. The van der Waals surface area contributed by atoms with Crippen LogP contribution in [-0.2, 0) is 4.43 Å². The van der Waals surface area contributed by atoms with E-state index in [9.17, 15) is 0 Å². The highest BCUT2D eigenvalue weighted by Gasteiger charge is 2.28. The van der Waals surface area contributed by atoms with Crippen LogP contribution in [-0.4, -0.2) is 14.0 Å². The average Bonchev–Trinajstić information content (AvgIpc) is 2.49. The topological polar surface area (TPSA) is 22.1 Å². The summed E-state index contributed by atoms with van der Waals surface area (Å²) in [5, 5.41) is 0. The minimum absolute atomic E-state index is 0.157. The number of nitrogens with zero attached hydrogens (tertiary/aromatic N) is 1. The third kappa shape index (κ3) is 3.19. The first kappa shape index (κ1) is 11.9. The van der Waals surface area contributed by atoms with Crippen molar-refractivity contribution in [3.05, 3.63) is 16.6 Å². The van der Waals surface area contributed by atoms with E-state index in [0.717, 1.165) is 0 Å². The van der Waals surface area contributed by atoms with Gasteiger partial charge in [-0.15, -0.1) is 11.3 Å². The quantitative estimate of drug-likeness (QED) is 0.742. The molecule has 1 aromatic heterocycles. The van der Waals surface area contributed by atoms with Crippen LogP contribution in [0.3, 0.4) is 0 Å². The number of thiazole rings is 1. The maximum absolute atomic E-state index is 6.07. The van der Waals surface area contributed by atoms with Gasteiger partial charge in [-0.3, -0.25) is 4.98 Å². The molecule has 1 unspecified atom stereocenters. The van der Waals surface area contributed by atoms with Crippen molar-refractivity contribution in [1.29, 1.82) is 0 Å². The van der Waals surface area contributed by atoms with Crippen molar-refractivity contribution in [2.45, 2.75) is 40.0 Å². The molecule has 1 atom stereocenters. The van der Waals surface area contributed by atoms with E-state index in [-0.39, 0.29) is 11.5 Å². The maximum atomic E-state index is 6.07. The second-order valence-electron chi connectivity index (χ2n) is 4.83. The molecule has 1 aromatic rings. The van der Waals surface area contributed by atoms with Gasteiger partial charge in [0, 0.05) is 6.20 Å². The van der Waals surface area contributed by atoms with E-state index in [0.29, 0.717) is 0 Å². The van der Waals surface area contributed by atoms with Crippen LogP contribution in [0, 0.1) is 5.41 Å². The summed E-state index contributed by atoms with van der Waals surface area (Å²) in [4.78, 5) is 5.37. The summed E-state index contributed by atoms with van der Waals surface area (Å²) in [7, 11) is -0.994. The zero-order valence-electron chi connectivity index (χ0n) is 9.57. The molecule has 0 saturated heterocycles. The van der Waals surface area contributed by atoms with Crippen molar-refractivity contribution < 1.29 is 4.43 Å². The van der Waals surface area contributed by atoms with Crippen molar-refractivity contribution in [2.75, 3.05) is 0 Å². The van der Waals surface area contributed by atoms with Gasteiger partial charge in [0.2, 0.25) is 0 Å². The lowest BCUT2D eigenvalue weighted by Crippen LogP contribution is -2.25. The second kappa shape index (κ2) is 4.55. The molecule has 1 rings (SSSR count). The van der Waals surface area contributed by atoms with Gasteiger partial charge in [-0.05, 0) is 18.5 Å². The number of aromatic nitrogens is 1. The summed E-state index contributed by atoms with van der Waals surface area (Å²) >= 11 is 1.69. The Kier molecular flexibility index (Phi) is 3.86. The molecule has 14 heavy (non-hydrogen) atoms. The fourth-order valence-electron chi connectivity index (χ4n) is 1.33. The van der Waals surface area contributed by atoms with Gasteiger partial charge in [0.05, 0.1) is 16.5 Å². The number of hydrogen-bond acceptors (Lipinski definition) is 3. The van der Waals surface area contributed by atoms with E-state index < -0.39 is 9.04 Å². The number of rotatable bonds is 3. The molecule has 0 saturated carbocycles. The normalized spacial score (nSPS) is 14.7. The average molecular weight is 229 g/mol. The lowest BCUT2D eigenvalue weighted by Gasteiger charge is -2.31. The van der Waals surface area contributed by atoms with Gasteiger partial charge in [-0.1, -0.05) is 20.8 Å². The Balaban J connectivity index is 2.83. The molecule has 80 valence electrons. The van der Waals surface area contributed by atoms with Gasteiger partial charge >= 0.3 is 0 Å². The van der Waals surface area contributed by atoms with Gasteiger partial charge in [0.15, 0.2) is 9.04 Å². The van der Waals surface area contributed by atoms with Crippen LogP contribution >= 0.6 is 11.3 Å². The molecule has 0 bridgehead atoms. The van der Waals surface area contributed by atoms with Crippen LogP contribution in [0.5, 0.6) is 0 Å². The number of hydrogen-bond donors (Lipinski definition) is 0. The summed E-state index contributed by atoms with van der Waals surface area (Å²) in [5.74, 6) is 0. The monoisotopic (exact) mass is 229 g/mol. The lowest BCUT2D eigenvalue weighted by molar-refractivity contribution is 0.0896. The highest BCUT2D eigenvalue weighted by Crippen LogP contribution is 2.37. The molecule has 4 heteroatoms. The van der Waals surface area contributed by atoms with E-state index >= 15 is 0 Å². The maximum Gasteiger partial charge on any atom is 0.171 e. The largest absolute Gasteiger partial charge is 0.412 e. The zero-order chi connectivity index (χ0) is 10.8.